The third-order valence-corrected chi connectivity index (χ3v) is 4.09. The summed E-state index contributed by atoms with van der Waals surface area (Å²) in [5.74, 6) is -0.573. The van der Waals surface area contributed by atoms with Gasteiger partial charge in [-0.15, -0.1) is 0 Å². The lowest BCUT2D eigenvalue weighted by Gasteiger charge is -2.21. The van der Waals surface area contributed by atoms with Crippen molar-refractivity contribution >= 4 is 11.9 Å². The van der Waals surface area contributed by atoms with Crippen LogP contribution in [0, 0.1) is 0 Å². The van der Waals surface area contributed by atoms with Crippen molar-refractivity contribution in [2.45, 2.75) is 52.7 Å². The van der Waals surface area contributed by atoms with Crippen LogP contribution in [0.5, 0.6) is 0 Å². The van der Waals surface area contributed by atoms with Gasteiger partial charge in [0.2, 0.25) is 0 Å². The summed E-state index contributed by atoms with van der Waals surface area (Å²) < 4.78 is 10.6. The lowest BCUT2D eigenvalue weighted by molar-refractivity contribution is -0.146. The highest BCUT2D eigenvalue weighted by atomic mass is 16.5. The van der Waals surface area contributed by atoms with Gasteiger partial charge in [-0.2, -0.15) is 0 Å². The Morgan fingerprint density at radius 1 is 0.808 bits per heavy atom. The van der Waals surface area contributed by atoms with Crippen LogP contribution >= 0.6 is 0 Å². The van der Waals surface area contributed by atoms with E-state index in [2.05, 4.69) is 18.2 Å². The summed E-state index contributed by atoms with van der Waals surface area (Å²) in [5.41, 5.74) is 4.43. The van der Waals surface area contributed by atoms with E-state index in [-0.39, 0.29) is 24.1 Å². The first-order valence-electron chi connectivity index (χ1n) is 8.87. The molecule has 0 fully saturated rings. The Labute approximate surface area is 155 Å². The van der Waals surface area contributed by atoms with E-state index >= 15 is 0 Å². The molecule has 0 heterocycles. The van der Waals surface area contributed by atoms with Crippen molar-refractivity contribution in [1.82, 2.24) is 0 Å². The number of hydrogen-bond acceptors (Lipinski definition) is 4. The minimum Gasteiger partial charge on any atom is -0.463 e. The van der Waals surface area contributed by atoms with Crippen molar-refractivity contribution in [3.8, 4) is 11.1 Å². The maximum absolute atomic E-state index is 11.3. The minimum absolute atomic E-state index is 0.221. The zero-order valence-electron chi connectivity index (χ0n) is 15.8. The Morgan fingerprint density at radius 2 is 1.38 bits per heavy atom. The molecule has 0 radical (unpaired) electrons. The molecule has 2 unspecified atom stereocenters. The molecule has 0 aromatic heterocycles. The maximum atomic E-state index is 11.3. The van der Waals surface area contributed by atoms with Gasteiger partial charge in [-0.1, -0.05) is 48.5 Å². The molecule has 0 aliphatic rings. The van der Waals surface area contributed by atoms with Crippen molar-refractivity contribution in [1.29, 1.82) is 0 Å². The third-order valence-electron chi connectivity index (χ3n) is 4.09. The fourth-order valence-electron chi connectivity index (χ4n) is 3.20. The Kier molecular flexibility index (Phi) is 6.96. The van der Waals surface area contributed by atoms with E-state index in [1.165, 1.54) is 13.8 Å². The number of rotatable bonds is 7. The summed E-state index contributed by atoms with van der Waals surface area (Å²) in [5, 5.41) is 0. The average molecular weight is 354 g/mol. The van der Waals surface area contributed by atoms with E-state index in [0.29, 0.717) is 12.8 Å². The van der Waals surface area contributed by atoms with Gasteiger partial charge in [0.25, 0.3) is 0 Å². The summed E-state index contributed by atoms with van der Waals surface area (Å²) in [4.78, 5) is 22.5. The first kappa shape index (κ1) is 19.7. The highest BCUT2D eigenvalue weighted by molar-refractivity contribution is 5.70. The lowest BCUT2D eigenvalue weighted by Crippen LogP contribution is -2.19. The Hall–Kier alpha value is -2.62. The van der Waals surface area contributed by atoms with Crippen LogP contribution < -0.4 is 0 Å². The van der Waals surface area contributed by atoms with Gasteiger partial charge in [0.05, 0.1) is 0 Å². The second kappa shape index (κ2) is 9.18. The Bertz CT molecular complexity index is 752. The van der Waals surface area contributed by atoms with Gasteiger partial charge >= 0.3 is 11.9 Å². The quantitative estimate of drug-likeness (QED) is 0.694. The molecule has 0 saturated carbocycles. The highest BCUT2D eigenvalue weighted by Gasteiger charge is 2.17. The summed E-state index contributed by atoms with van der Waals surface area (Å²) in [6.45, 7) is 6.61. The normalized spacial score (nSPS) is 12.9. The monoisotopic (exact) mass is 354 g/mol. The molecule has 4 nitrogen and oxygen atoms in total. The second-order valence-electron chi connectivity index (χ2n) is 6.56. The molecule has 0 aliphatic heterocycles. The molecule has 26 heavy (non-hydrogen) atoms. The molecule has 2 aromatic rings. The van der Waals surface area contributed by atoms with Gasteiger partial charge in [-0.25, -0.2) is 0 Å². The van der Waals surface area contributed by atoms with Crippen LogP contribution in [0.1, 0.15) is 38.8 Å². The van der Waals surface area contributed by atoms with Crippen molar-refractivity contribution in [3.63, 3.8) is 0 Å². The van der Waals surface area contributed by atoms with E-state index < -0.39 is 0 Å². The first-order chi connectivity index (χ1) is 12.4. The van der Waals surface area contributed by atoms with Crippen molar-refractivity contribution < 1.29 is 19.1 Å². The summed E-state index contributed by atoms with van der Waals surface area (Å²) in [7, 11) is 0. The van der Waals surface area contributed by atoms with E-state index in [4.69, 9.17) is 9.47 Å². The fourth-order valence-corrected chi connectivity index (χ4v) is 3.20. The number of hydrogen-bond donors (Lipinski definition) is 0. The average Bonchev–Trinajstić information content (AvgIpc) is 2.55. The molecule has 0 N–H and O–H groups in total. The number of carbonyl (C=O) groups excluding carboxylic acids is 2. The van der Waals surface area contributed by atoms with Gasteiger partial charge in [0.15, 0.2) is 0 Å². The lowest BCUT2D eigenvalue weighted by atomic mass is 9.90. The van der Waals surface area contributed by atoms with Gasteiger partial charge in [-0.3, -0.25) is 9.59 Å². The third kappa shape index (κ3) is 5.73. The maximum Gasteiger partial charge on any atom is 0.302 e. The molecule has 2 rings (SSSR count). The molecule has 2 aromatic carbocycles. The van der Waals surface area contributed by atoms with Crippen LogP contribution in [0.3, 0.4) is 0 Å². The van der Waals surface area contributed by atoms with E-state index in [0.717, 1.165) is 22.3 Å². The number of esters is 2. The Morgan fingerprint density at radius 3 is 1.96 bits per heavy atom. The molecule has 0 amide bonds. The van der Waals surface area contributed by atoms with Crippen molar-refractivity contribution in [3.05, 3.63) is 59.7 Å². The van der Waals surface area contributed by atoms with Crippen LogP contribution in [0.15, 0.2) is 48.5 Å². The number of carbonyl (C=O) groups is 2. The second-order valence-corrected chi connectivity index (χ2v) is 6.56. The predicted molar refractivity (Wildman–Crippen MR) is 102 cm³/mol. The molecule has 2 atom stereocenters. The van der Waals surface area contributed by atoms with Crippen molar-refractivity contribution in [2.75, 3.05) is 0 Å². The summed E-state index contributed by atoms with van der Waals surface area (Å²) in [6.07, 6.45) is 0.760. The zero-order chi connectivity index (χ0) is 19.1. The van der Waals surface area contributed by atoms with E-state index in [9.17, 15) is 9.59 Å². The smallest absolute Gasteiger partial charge is 0.302 e. The number of ether oxygens (including phenoxy) is 2. The largest absolute Gasteiger partial charge is 0.463 e. The molecule has 0 aliphatic carbocycles. The SMILES string of the molecule is CC(=O)OC(C)Cc1cccc(-c2ccccc2)c1CC(C)OC(C)=O. The van der Waals surface area contributed by atoms with Crippen LogP contribution in [0.25, 0.3) is 11.1 Å². The standard InChI is InChI=1S/C22H26O4/c1-15(25-17(3)23)13-20-11-8-12-21(19-9-6-5-7-10-19)22(20)14-16(2)26-18(4)24/h5-12,15-16H,13-14H2,1-4H3. The predicted octanol–water partition coefficient (Wildman–Crippen LogP) is 4.34. The van der Waals surface area contributed by atoms with E-state index in [1.807, 2.05) is 44.2 Å². The minimum atomic E-state index is -0.287. The molecule has 138 valence electrons. The molecular weight excluding hydrogens is 328 g/mol. The zero-order valence-corrected chi connectivity index (χ0v) is 15.8. The van der Waals surface area contributed by atoms with Gasteiger partial charge in [-0.05, 0) is 36.1 Å². The van der Waals surface area contributed by atoms with Gasteiger partial charge < -0.3 is 9.47 Å². The van der Waals surface area contributed by atoms with Crippen LogP contribution in [-0.4, -0.2) is 24.1 Å². The molecule has 0 saturated heterocycles. The topological polar surface area (TPSA) is 52.6 Å². The number of benzene rings is 2. The summed E-state index contributed by atoms with van der Waals surface area (Å²) in [6, 6.07) is 16.2. The van der Waals surface area contributed by atoms with Gasteiger partial charge in [0.1, 0.15) is 12.2 Å². The van der Waals surface area contributed by atoms with E-state index in [1.54, 1.807) is 0 Å². The fraction of sp³-hybridized carbons (Fsp3) is 0.364. The highest BCUT2D eigenvalue weighted by Crippen LogP contribution is 2.29. The Balaban J connectivity index is 2.39. The molecule has 4 heteroatoms. The van der Waals surface area contributed by atoms with Crippen LogP contribution in [0.2, 0.25) is 0 Å². The van der Waals surface area contributed by atoms with Crippen LogP contribution in [-0.2, 0) is 31.9 Å². The van der Waals surface area contributed by atoms with Crippen molar-refractivity contribution in [2.24, 2.45) is 0 Å². The molecular formula is C22H26O4. The molecule has 0 bridgehead atoms. The van der Waals surface area contributed by atoms with Crippen LogP contribution in [0.4, 0.5) is 0 Å². The summed E-state index contributed by atoms with van der Waals surface area (Å²) >= 11 is 0. The van der Waals surface area contributed by atoms with Gasteiger partial charge in [0, 0.05) is 26.7 Å². The first-order valence-corrected chi connectivity index (χ1v) is 8.87. The molecule has 0 spiro atoms.